The second-order valence-corrected chi connectivity index (χ2v) is 8.13. The minimum atomic E-state index is -0.634. The van der Waals surface area contributed by atoms with Gasteiger partial charge in [0, 0.05) is 25.9 Å². The molecule has 31 heavy (non-hydrogen) atoms. The molecule has 9 heteroatoms. The highest BCUT2D eigenvalue weighted by Gasteiger charge is 2.21. The second kappa shape index (κ2) is 9.13. The number of aromatic nitrogens is 3. The maximum Gasteiger partial charge on any atom is 0.410 e. The maximum atomic E-state index is 12.3. The van der Waals surface area contributed by atoms with Crippen molar-refractivity contribution in [3.63, 3.8) is 0 Å². The fraction of sp³-hybridized carbons (Fsp3) is 0.364. The van der Waals surface area contributed by atoms with Gasteiger partial charge in [-0.25, -0.2) is 9.31 Å². The van der Waals surface area contributed by atoms with Crippen molar-refractivity contribution < 1.29 is 19.1 Å². The number of methoxy groups -OCH3 is 1. The van der Waals surface area contributed by atoms with Gasteiger partial charge in [0.15, 0.2) is 5.65 Å². The Labute approximate surface area is 181 Å². The number of nitrogens with zero attached hydrogens (tertiary/aromatic N) is 4. The molecule has 3 aromatic rings. The SMILES string of the molecule is COCc1ccccc1-c1ccc2nc(NC(=O)CN(C)C(=O)OC(C)(C)C)nn2c1. The van der Waals surface area contributed by atoms with Gasteiger partial charge in [-0.05, 0) is 44.0 Å². The Kier molecular flexibility index (Phi) is 6.55. The molecule has 0 saturated heterocycles. The lowest BCUT2D eigenvalue weighted by molar-refractivity contribution is -0.117. The molecular formula is C22H27N5O4. The van der Waals surface area contributed by atoms with E-state index in [1.165, 1.54) is 11.9 Å². The number of likely N-dealkylation sites (N-methyl/N-ethyl adjacent to an activating group) is 1. The molecule has 0 saturated carbocycles. The third kappa shape index (κ3) is 5.79. The highest BCUT2D eigenvalue weighted by atomic mass is 16.6. The van der Waals surface area contributed by atoms with Crippen LogP contribution < -0.4 is 5.32 Å². The number of carbonyl (C=O) groups is 2. The molecular weight excluding hydrogens is 398 g/mol. The molecule has 164 valence electrons. The number of nitrogens with one attached hydrogen (secondary N) is 1. The molecule has 9 nitrogen and oxygen atoms in total. The number of amides is 2. The molecule has 0 atom stereocenters. The molecule has 0 aliphatic rings. The van der Waals surface area contributed by atoms with Crippen molar-refractivity contribution in [2.75, 3.05) is 26.0 Å². The van der Waals surface area contributed by atoms with Crippen molar-refractivity contribution in [3.8, 4) is 11.1 Å². The van der Waals surface area contributed by atoms with Crippen LogP contribution in [0.4, 0.5) is 10.7 Å². The van der Waals surface area contributed by atoms with E-state index in [0.717, 1.165) is 16.7 Å². The Bertz CT molecular complexity index is 1090. The van der Waals surface area contributed by atoms with E-state index in [1.807, 2.05) is 42.6 Å². The van der Waals surface area contributed by atoms with Gasteiger partial charge in [-0.2, -0.15) is 4.98 Å². The zero-order chi connectivity index (χ0) is 22.6. The van der Waals surface area contributed by atoms with Crippen molar-refractivity contribution in [2.24, 2.45) is 0 Å². The Balaban J connectivity index is 1.72. The normalized spacial score (nSPS) is 11.4. The Morgan fingerprint density at radius 2 is 1.90 bits per heavy atom. The summed E-state index contributed by atoms with van der Waals surface area (Å²) in [5.74, 6) is -0.264. The monoisotopic (exact) mass is 425 g/mol. The van der Waals surface area contributed by atoms with Crippen LogP contribution in [0, 0.1) is 0 Å². The van der Waals surface area contributed by atoms with Crippen LogP contribution in [-0.4, -0.2) is 57.8 Å². The minimum Gasteiger partial charge on any atom is -0.444 e. The molecule has 2 amide bonds. The van der Waals surface area contributed by atoms with E-state index in [9.17, 15) is 9.59 Å². The zero-order valence-electron chi connectivity index (χ0n) is 18.4. The van der Waals surface area contributed by atoms with Gasteiger partial charge in [0.05, 0.1) is 6.61 Å². The Hall–Kier alpha value is -3.46. The van der Waals surface area contributed by atoms with Crippen LogP contribution in [0.15, 0.2) is 42.6 Å². The standard InChI is InChI=1S/C22H27N5O4/c1-22(2,3)31-21(29)26(4)13-19(28)24-20-23-18-11-10-15(12-27(18)25-20)17-9-7-6-8-16(17)14-30-5/h6-12H,13-14H2,1-5H3,(H,24,25,28). The lowest BCUT2D eigenvalue weighted by atomic mass is 10.0. The van der Waals surface area contributed by atoms with Gasteiger partial charge >= 0.3 is 6.09 Å². The van der Waals surface area contributed by atoms with E-state index < -0.39 is 17.6 Å². The number of anilines is 1. The summed E-state index contributed by atoms with van der Waals surface area (Å²) in [6.45, 7) is 5.61. The van der Waals surface area contributed by atoms with Crippen LogP contribution in [0.5, 0.6) is 0 Å². The highest BCUT2D eigenvalue weighted by Crippen LogP contribution is 2.24. The third-order valence-corrected chi connectivity index (χ3v) is 4.30. The minimum absolute atomic E-state index is 0.157. The molecule has 3 rings (SSSR count). The van der Waals surface area contributed by atoms with E-state index in [2.05, 4.69) is 15.4 Å². The van der Waals surface area contributed by atoms with E-state index in [-0.39, 0.29) is 12.5 Å². The Morgan fingerprint density at radius 1 is 1.16 bits per heavy atom. The number of rotatable bonds is 6. The van der Waals surface area contributed by atoms with Crippen LogP contribution in [0.3, 0.4) is 0 Å². The van der Waals surface area contributed by atoms with Crippen LogP contribution >= 0.6 is 0 Å². The van der Waals surface area contributed by atoms with Crippen LogP contribution in [0.2, 0.25) is 0 Å². The third-order valence-electron chi connectivity index (χ3n) is 4.30. The average molecular weight is 425 g/mol. The van der Waals surface area contributed by atoms with E-state index in [1.54, 1.807) is 32.4 Å². The number of pyridine rings is 1. The smallest absolute Gasteiger partial charge is 0.410 e. The first-order valence-electron chi connectivity index (χ1n) is 9.84. The number of hydrogen-bond acceptors (Lipinski definition) is 6. The summed E-state index contributed by atoms with van der Waals surface area (Å²) >= 11 is 0. The summed E-state index contributed by atoms with van der Waals surface area (Å²) in [6, 6.07) is 11.7. The van der Waals surface area contributed by atoms with Crippen molar-refractivity contribution in [1.29, 1.82) is 0 Å². The number of benzene rings is 1. The summed E-state index contributed by atoms with van der Waals surface area (Å²) in [6.07, 6.45) is 1.27. The fourth-order valence-electron chi connectivity index (χ4n) is 2.96. The molecule has 0 fully saturated rings. The van der Waals surface area contributed by atoms with Gasteiger partial charge in [-0.1, -0.05) is 24.3 Å². The molecule has 1 aromatic carbocycles. The molecule has 0 spiro atoms. The summed E-state index contributed by atoms with van der Waals surface area (Å²) in [4.78, 5) is 29.8. The molecule has 0 aliphatic carbocycles. The summed E-state index contributed by atoms with van der Waals surface area (Å²) in [7, 11) is 3.15. The average Bonchev–Trinajstić information content (AvgIpc) is 3.08. The fourth-order valence-corrected chi connectivity index (χ4v) is 2.96. The number of hydrogen-bond donors (Lipinski definition) is 1. The van der Waals surface area contributed by atoms with E-state index >= 15 is 0 Å². The quantitative estimate of drug-likeness (QED) is 0.650. The first kappa shape index (κ1) is 22.2. The molecule has 0 unspecified atom stereocenters. The molecule has 0 bridgehead atoms. The van der Waals surface area contributed by atoms with Crippen LogP contribution in [0.1, 0.15) is 26.3 Å². The van der Waals surface area contributed by atoms with Gasteiger partial charge in [0.25, 0.3) is 0 Å². The lowest BCUT2D eigenvalue weighted by Crippen LogP contribution is -2.38. The first-order valence-corrected chi connectivity index (χ1v) is 9.84. The van der Waals surface area contributed by atoms with Crippen molar-refractivity contribution in [1.82, 2.24) is 19.5 Å². The van der Waals surface area contributed by atoms with Gasteiger partial charge in [0.2, 0.25) is 11.9 Å². The highest BCUT2D eigenvalue weighted by molar-refractivity contribution is 5.92. The summed E-state index contributed by atoms with van der Waals surface area (Å²) < 4.78 is 12.1. The van der Waals surface area contributed by atoms with Gasteiger partial charge < -0.3 is 14.4 Å². The molecule has 0 radical (unpaired) electrons. The summed E-state index contributed by atoms with van der Waals surface area (Å²) in [5.41, 5.74) is 3.00. The second-order valence-electron chi connectivity index (χ2n) is 8.13. The number of fused-ring (bicyclic) bond motifs is 1. The largest absolute Gasteiger partial charge is 0.444 e. The predicted molar refractivity (Wildman–Crippen MR) is 117 cm³/mol. The maximum absolute atomic E-state index is 12.3. The van der Waals surface area contributed by atoms with Crippen LogP contribution in [0.25, 0.3) is 16.8 Å². The summed E-state index contributed by atoms with van der Waals surface area (Å²) in [5, 5.41) is 6.95. The number of carbonyl (C=O) groups excluding carboxylic acids is 2. The molecule has 1 N–H and O–H groups in total. The van der Waals surface area contributed by atoms with E-state index in [4.69, 9.17) is 9.47 Å². The lowest BCUT2D eigenvalue weighted by Gasteiger charge is -2.24. The molecule has 2 heterocycles. The topological polar surface area (TPSA) is 98.1 Å². The van der Waals surface area contributed by atoms with E-state index in [0.29, 0.717) is 12.3 Å². The first-order chi connectivity index (χ1) is 14.7. The van der Waals surface area contributed by atoms with Gasteiger partial charge in [-0.3, -0.25) is 10.1 Å². The van der Waals surface area contributed by atoms with Crippen molar-refractivity contribution in [3.05, 3.63) is 48.2 Å². The zero-order valence-corrected chi connectivity index (χ0v) is 18.4. The van der Waals surface area contributed by atoms with Gasteiger partial charge in [0.1, 0.15) is 12.1 Å². The predicted octanol–water partition coefficient (Wildman–Crippen LogP) is 3.35. The molecule has 0 aliphatic heterocycles. The Morgan fingerprint density at radius 3 is 2.61 bits per heavy atom. The van der Waals surface area contributed by atoms with Gasteiger partial charge in [-0.15, -0.1) is 5.10 Å². The van der Waals surface area contributed by atoms with Crippen molar-refractivity contribution >= 4 is 23.6 Å². The molecule has 2 aromatic heterocycles. The van der Waals surface area contributed by atoms with Crippen LogP contribution in [-0.2, 0) is 20.9 Å². The van der Waals surface area contributed by atoms with Crippen molar-refractivity contribution in [2.45, 2.75) is 33.0 Å². The number of ether oxygens (including phenoxy) is 2.